The van der Waals surface area contributed by atoms with Crippen LogP contribution in [0.4, 0.5) is 0 Å². The summed E-state index contributed by atoms with van der Waals surface area (Å²) in [6.45, 7) is 0.223. The van der Waals surface area contributed by atoms with E-state index in [4.69, 9.17) is 19.6 Å². The maximum Gasteiger partial charge on any atom is 0.205 e. The normalized spacial score (nSPS) is 19.1. The summed E-state index contributed by atoms with van der Waals surface area (Å²) in [4.78, 5) is 12.5. The Hall–Kier alpha value is -2.98. The zero-order valence-corrected chi connectivity index (χ0v) is 16.5. The van der Waals surface area contributed by atoms with E-state index < -0.39 is 5.92 Å². The van der Waals surface area contributed by atoms with Crippen LogP contribution in [-0.2, 0) is 16.1 Å². The van der Waals surface area contributed by atoms with Crippen molar-refractivity contribution in [3.8, 4) is 11.8 Å². The van der Waals surface area contributed by atoms with Crippen LogP contribution in [-0.4, -0.2) is 5.78 Å². The van der Waals surface area contributed by atoms with Gasteiger partial charge >= 0.3 is 0 Å². The molecule has 0 saturated carbocycles. The topological polar surface area (TPSA) is 98.5 Å². The summed E-state index contributed by atoms with van der Waals surface area (Å²) in [6.07, 6.45) is 1.76. The molecule has 1 aliphatic carbocycles. The Morgan fingerprint density at radius 2 is 2.14 bits per heavy atom. The summed E-state index contributed by atoms with van der Waals surface area (Å²) in [5.74, 6) is 1.68. The zero-order chi connectivity index (χ0) is 19.7. The number of hydrogen-bond donors (Lipinski definition) is 1. The second-order valence-corrected chi connectivity index (χ2v) is 7.50. The van der Waals surface area contributed by atoms with Gasteiger partial charge in [0.25, 0.3) is 0 Å². The number of nitriles is 1. The third-order valence-corrected chi connectivity index (χ3v) is 5.24. The van der Waals surface area contributed by atoms with Crippen molar-refractivity contribution in [2.45, 2.75) is 31.8 Å². The predicted molar refractivity (Wildman–Crippen MR) is 104 cm³/mol. The van der Waals surface area contributed by atoms with Gasteiger partial charge < -0.3 is 19.6 Å². The van der Waals surface area contributed by atoms with Gasteiger partial charge in [0.15, 0.2) is 5.78 Å². The minimum Gasteiger partial charge on any atom is -0.486 e. The maximum absolute atomic E-state index is 12.5. The van der Waals surface area contributed by atoms with Gasteiger partial charge in [-0.05, 0) is 36.8 Å². The highest BCUT2D eigenvalue weighted by Gasteiger charge is 2.39. The number of benzene rings is 1. The van der Waals surface area contributed by atoms with E-state index in [-0.39, 0.29) is 23.8 Å². The number of ether oxygens (including phenoxy) is 2. The number of halogens is 1. The number of nitrogens with zero attached hydrogens (tertiary/aromatic N) is 1. The van der Waals surface area contributed by atoms with Crippen molar-refractivity contribution in [2.75, 3.05) is 0 Å². The molecule has 0 radical (unpaired) electrons. The number of hydrogen-bond acceptors (Lipinski definition) is 6. The number of furan rings is 1. The minimum absolute atomic E-state index is 0.0317. The summed E-state index contributed by atoms with van der Waals surface area (Å²) in [5.41, 5.74) is 6.62. The van der Waals surface area contributed by atoms with E-state index in [0.29, 0.717) is 47.9 Å². The van der Waals surface area contributed by atoms with Gasteiger partial charge in [-0.1, -0.05) is 22.0 Å². The first-order valence-corrected chi connectivity index (χ1v) is 9.67. The van der Waals surface area contributed by atoms with Crippen molar-refractivity contribution in [2.24, 2.45) is 5.73 Å². The lowest BCUT2D eigenvalue weighted by Crippen LogP contribution is -2.27. The van der Waals surface area contributed by atoms with E-state index in [1.54, 1.807) is 12.1 Å². The Balaban J connectivity index is 1.62. The van der Waals surface area contributed by atoms with Crippen molar-refractivity contribution in [1.29, 1.82) is 5.26 Å². The number of ketones is 1. The highest BCUT2D eigenvalue weighted by molar-refractivity contribution is 9.10. The molecule has 0 fully saturated rings. The molecule has 0 saturated heterocycles. The first kappa shape index (κ1) is 18.4. The molecule has 0 spiro atoms. The fourth-order valence-electron chi connectivity index (χ4n) is 3.48. The van der Waals surface area contributed by atoms with Crippen LogP contribution >= 0.6 is 15.9 Å². The molecule has 2 aromatic rings. The van der Waals surface area contributed by atoms with Crippen molar-refractivity contribution in [3.63, 3.8) is 0 Å². The number of carbonyl (C=O) groups excluding carboxylic acids is 1. The number of carbonyl (C=O) groups is 1. The third-order valence-electron chi connectivity index (χ3n) is 4.75. The van der Waals surface area contributed by atoms with Gasteiger partial charge in [0, 0.05) is 22.9 Å². The minimum atomic E-state index is -0.638. The smallest absolute Gasteiger partial charge is 0.205 e. The van der Waals surface area contributed by atoms with Crippen LogP contribution in [0.3, 0.4) is 0 Å². The molecule has 28 heavy (non-hydrogen) atoms. The van der Waals surface area contributed by atoms with Crippen molar-refractivity contribution in [1.82, 2.24) is 0 Å². The van der Waals surface area contributed by atoms with Crippen molar-refractivity contribution < 1.29 is 18.7 Å². The summed E-state index contributed by atoms with van der Waals surface area (Å²) in [5, 5.41) is 9.58. The summed E-state index contributed by atoms with van der Waals surface area (Å²) >= 11 is 3.40. The molecule has 0 amide bonds. The lowest BCUT2D eigenvalue weighted by molar-refractivity contribution is -0.116. The number of allylic oxidation sites excluding steroid dienone is 3. The highest BCUT2D eigenvalue weighted by Crippen LogP contribution is 2.43. The Kier molecular flexibility index (Phi) is 4.97. The Morgan fingerprint density at radius 1 is 1.29 bits per heavy atom. The fourth-order valence-corrected chi connectivity index (χ4v) is 3.86. The molecule has 1 aromatic heterocycles. The van der Waals surface area contributed by atoms with Gasteiger partial charge in [0.2, 0.25) is 5.88 Å². The molecule has 0 bridgehead atoms. The van der Waals surface area contributed by atoms with E-state index in [2.05, 4.69) is 22.0 Å². The largest absolute Gasteiger partial charge is 0.486 e. The first-order valence-electron chi connectivity index (χ1n) is 8.87. The quantitative estimate of drug-likeness (QED) is 0.754. The third kappa shape index (κ3) is 3.43. The van der Waals surface area contributed by atoms with E-state index >= 15 is 0 Å². The number of Topliss-reactive ketones (excluding diaryl/α,β-unsaturated/α-hetero) is 1. The van der Waals surface area contributed by atoms with E-state index in [0.717, 1.165) is 4.47 Å². The van der Waals surface area contributed by atoms with Gasteiger partial charge in [-0.3, -0.25) is 4.79 Å². The second-order valence-electron chi connectivity index (χ2n) is 6.59. The number of rotatable bonds is 4. The van der Waals surface area contributed by atoms with E-state index in [9.17, 15) is 10.1 Å². The van der Waals surface area contributed by atoms with Crippen LogP contribution in [0, 0.1) is 11.3 Å². The van der Waals surface area contributed by atoms with Gasteiger partial charge in [-0.25, -0.2) is 0 Å². The molecule has 1 aromatic carbocycles. The Labute approximate surface area is 170 Å². The molecule has 142 valence electrons. The van der Waals surface area contributed by atoms with Crippen molar-refractivity contribution >= 4 is 21.7 Å². The molecule has 2 N–H and O–H groups in total. The van der Waals surface area contributed by atoms with Gasteiger partial charge in [-0.15, -0.1) is 0 Å². The lowest BCUT2D eigenvalue weighted by atomic mass is 9.80. The second kappa shape index (κ2) is 7.56. The SMILES string of the molecule is N#CC1=C(N)OC2=C(C(=O)CCC2)C1c1ccc(COc2cccc(Br)c2)o1. The monoisotopic (exact) mass is 440 g/mol. The van der Waals surface area contributed by atoms with Crippen LogP contribution < -0.4 is 10.5 Å². The molecule has 1 atom stereocenters. The maximum atomic E-state index is 12.5. The van der Waals surface area contributed by atoms with Gasteiger partial charge in [0.1, 0.15) is 41.3 Å². The number of nitrogens with two attached hydrogens (primary N) is 1. The molecule has 4 rings (SSSR count). The van der Waals surface area contributed by atoms with Crippen LogP contribution in [0.5, 0.6) is 5.75 Å². The molecular formula is C21H17BrN2O4. The molecule has 7 heteroatoms. The zero-order valence-electron chi connectivity index (χ0n) is 14.9. The van der Waals surface area contributed by atoms with Crippen LogP contribution in [0.15, 0.2) is 68.1 Å². The average molecular weight is 441 g/mol. The highest BCUT2D eigenvalue weighted by atomic mass is 79.9. The summed E-state index contributed by atoms with van der Waals surface area (Å²) < 4.78 is 18.2. The van der Waals surface area contributed by atoms with Gasteiger partial charge in [-0.2, -0.15) is 5.26 Å². The average Bonchev–Trinajstić information content (AvgIpc) is 3.14. The van der Waals surface area contributed by atoms with Crippen molar-refractivity contribution in [3.05, 3.63) is 75.2 Å². The molecule has 6 nitrogen and oxygen atoms in total. The lowest BCUT2D eigenvalue weighted by Gasteiger charge is -2.29. The van der Waals surface area contributed by atoms with E-state index in [1.165, 1.54) is 0 Å². The van der Waals surface area contributed by atoms with E-state index in [1.807, 2.05) is 24.3 Å². The Morgan fingerprint density at radius 3 is 2.93 bits per heavy atom. The van der Waals surface area contributed by atoms with Crippen LogP contribution in [0.25, 0.3) is 0 Å². The fraction of sp³-hybridized carbons (Fsp3) is 0.238. The summed E-state index contributed by atoms with van der Waals surface area (Å²) in [6, 6.07) is 13.1. The summed E-state index contributed by atoms with van der Waals surface area (Å²) in [7, 11) is 0. The molecule has 1 unspecified atom stereocenters. The molecule has 2 heterocycles. The first-order chi connectivity index (χ1) is 13.6. The predicted octanol–water partition coefficient (Wildman–Crippen LogP) is 4.44. The van der Waals surface area contributed by atoms with Gasteiger partial charge in [0.05, 0.1) is 5.92 Å². The molecule has 1 aliphatic heterocycles. The molecule has 2 aliphatic rings. The van der Waals surface area contributed by atoms with Crippen LogP contribution in [0.1, 0.15) is 36.7 Å². The standard InChI is InChI=1S/C21H17BrN2O4/c22-12-3-1-4-13(9-12)26-11-14-7-8-18(27-14)19-15(10-23)21(24)28-17-6-2-5-16(25)20(17)19/h1,3-4,7-9,19H,2,5-6,11,24H2. The molecular weight excluding hydrogens is 424 g/mol. The van der Waals surface area contributed by atoms with Crippen LogP contribution in [0.2, 0.25) is 0 Å². The Bertz CT molecular complexity index is 1040.